The second kappa shape index (κ2) is 4.07. The van der Waals surface area contributed by atoms with Gasteiger partial charge in [-0.25, -0.2) is 9.97 Å². The summed E-state index contributed by atoms with van der Waals surface area (Å²) in [4.78, 5) is 8.50. The molecule has 0 saturated carbocycles. The van der Waals surface area contributed by atoms with Crippen LogP contribution in [0.3, 0.4) is 0 Å². The highest BCUT2D eigenvalue weighted by molar-refractivity contribution is 7.99. The maximum Gasteiger partial charge on any atom is 0.142 e. The Labute approximate surface area is 82.2 Å². The van der Waals surface area contributed by atoms with E-state index in [0.29, 0.717) is 11.8 Å². The molecule has 0 aliphatic carbocycles. The van der Waals surface area contributed by atoms with Crippen LogP contribution in [0.25, 0.3) is 0 Å². The Balaban J connectivity index is 2.18. The molecule has 1 aliphatic heterocycles. The van der Waals surface area contributed by atoms with E-state index in [0.717, 1.165) is 11.5 Å². The topological polar surface area (TPSA) is 51.8 Å². The van der Waals surface area contributed by atoms with Crippen molar-refractivity contribution in [3.8, 4) is 0 Å². The molecule has 0 radical (unpaired) electrons. The highest BCUT2D eigenvalue weighted by atomic mass is 32.2. The van der Waals surface area contributed by atoms with Gasteiger partial charge in [-0.15, -0.1) is 0 Å². The van der Waals surface area contributed by atoms with Crippen LogP contribution in [0.2, 0.25) is 0 Å². The zero-order valence-electron chi connectivity index (χ0n) is 7.44. The number of nitrogens with two attached hydrogens (primary N) is 1. The van der Waals surface area contributed by atoms with Gasteiger partial charge in [-0.05, 0) is 24.7 Å². The maximum atomic E-state index is 5.49. The summed E-state index contributed by atoms with van der Waals surface area (Å²) in [5.74, 6) is 2.01. The second-order valence-corrected chi connectivity index (χ2v) is 4.41. The first-order valence-electron chi connectivity index (χ1n) is 4.53. The van der Waals surface area contributed by atoms with Gasteiger partial charge in [0, 0.05) is 11.4 Å². The van der Waals surface area contributed by atoms with Gasteiger partial charge in [-0.2, -0.15) is 11.8 Å². The smallest absolute Gasteiger partial charge is 0.142 e. The van der Waals surface area contributed by atoms with Crippen molar-refractivity contribution in [3.63, 3.8) is 0 Å². The lowest BCUT2D eigenvalue weighted by molar-refractivity contribution is 0.781. The molecule has 2 heterocycles. The van der Waals surface area contributed by atoms with Crippen LogP contribution in [0.15, 0.2) is 12.3 Å². The van der Waals surface area contributed by atoms with Crippen LogP contribution < -0.4 is 5.73 Å². The number of hydrogen-bond acceptors (Lipinski definition) is 4. The summed E-state index contributed by atoms with van der Waals surface area (Å²) in [5.41, 5.74) is 6.64. The van der Waals surface area contributed by atoms with Crippen molar-refractivity contribution in [1.82, 2.24) is 9.97 Å². The largest absolute Gasteiger partial charge is 0.324 e. The molecule has 1 saturated heterocycles. The van der Waals surface area contributed by atoms with Crippen LogP contribution in [0.5, 0.6) is 0 Å². The molecule has 1 fully saturated rings. The molecule has 0 spiro atoms. The third-order valence-corrected chi connectivity index (χ3v) is 3.57. The van der Waals surface area contributed by atoms with Gasteiger partial charge in [0.2, 0.25) is 0 Å². The van der Waals surface area contributed by atoms with Crippen molar-refractivity contribution in [2.75, 3.05) is 5.75 Å². The summed E-state index contributed by atoms with van der Waals surface area (Å²) < 4.78 is 0. The second-order valence-electron chi connectivity index (χ2n) is 3.10. The van der Waals surface area contributed by atoms with E-state index in [9.17, 15) is 0 Å². The van der Waals surface area contributed by atoms with E-state index in [1.165, 1.54) is 18.6 Å². The molecule has 1 aromatic heterocycles. The zero-order chi connectivity index (χ0) is 9.10. The van der Waals surface area contributed by atoms with Gasteiger partial charge in [0.15, 0.2) is 0 Å². The average molecular weight is 195 g/mol. The summed E-state index contributed by atoms with van der Waals surface area (Å²) in [7, 11) is 0. The van der Waals surface area contributed by atoms with Crippen LogP contribution in [0.4, 0.5) is 0 Å². The molecule has 2 rings (SSSR count). The molecule has 0 amide bonds. The molecular weight excluding hydrogens is 182 g/mol. The average Bonchev–Trinajstić information content (AvgIpc) is 2.71. The summed E-state index contributed by atoms with van der Waals surface area (Å²) in [5, 5.41) is 0.577. The van der Waals surface area contributed by atoms with Crippen LogP contribution in [-0.4, -0.2) is 15.7 Å². The molecule has 2 N–H and O–H groups in total. The first-order chi connectivity index (χ1) is 6.40. The van der Waals surface area contributed by atoms with Crippen molar-refractivity contribution in [2.24, 2.45) is 5.73 Å². The highest BCUT2D eigenvalue weighted by Crippen LogP contribution is 2.38. The van der Waals surface area contributed by atoms with Crippen molar-refractivity contribution in [3.05, 3.63) is 23.8 Å². The lowest BCUT2D eigenvalue weighted by atomic mass is 10.2. The van der Waals surface area contributed by atoms with Gasteiger partial charge in [0.1, 0.15) is 5.82 Å². The molecule has 70 valence electrons. The number of aromatic nitrogens is 2. The molecule has 1 aromatic rings. The monoisotopic (exact) mass is 195 g/mol. The first-order valence-corrected chi connectivity index (χ1v) is 5.58. The quantitative estimate of drug-likeness (QED) is 0.777. The van der Waals surface area contributed by atoms with Crippen LogP contribution >= 0.6 is 11.8 Å². The fourth-order valence-corrected chi connectivity index (χ4v) is 2.76. The Morgan fingerprint density at radius 2 is 2.54 bits per heavy atom. The SMILES string of the molecule is NCc1nccc(C2CCCS2)n1. The molecule has 13 heavy (non-hydrogen) atoms. The molecule has 1 unspecified atom stereocenters. The van der Waals surface area contributed by atoms with E-state index in [-0.39, 0.29) is 0 Å². The first kappa shape index (κ1) is 8.97. The van der Waals surface area contributed by atoms with Gasteiger partial charge >= 0.3 is 0 Å². The Morgan fingerprint density at radius 1 is 1.62 bits per heavy atom. The van der Waals surface area contributed by atoms with E-state index < -0.39 is 0 Å². The normalized spacial score (nSPS) is 22.1. The van der Waals surface area contributed by atoms with Crippen LogP contribution in [0.1, 0.15) is 29.6 Å². The highest BCUT2D eigenvalue weighted by Gasteiger charge is 2.18. The van der Waals surface area contributed by atoms with E-state index >= 15 is 0 Å². The Hall–Kier alpha value is -0.610. The fraction of sp³-hybridized carbons (Fsp3) is 0.556. The zero-order valence-corrected chi connectivity index (χ0v) is 8.26. The van der Waals surface area contributed by atoms with E-state index in [1.54, 1.807) is 0 Å². The lowest BCUT2D eigenvalue weighted by Gasteiger charge is -2.07. The van der Waals surface area contributed by atoms with E-state index in [1.807, 2.05) is 24.0 Å². The van der Waals surface area contributed by atoms with Gasteiger partial charge in [0.05, 0.1) is 12.2 Å². The van der Waals surface area contributed by atoms with Crippen LogP contribution in [-0.2, 0) is 6.54 Å². The Kier molecular flexibility index (Phi) is 2.80. The molecule has 0 bridgehead atoms. The van der Waals surface area contributed by atoms with Crippen molar-refractivity contribution >= 4 is 11.8 Å². The van der Waals surface area contributed by atoms with Gasteiger partial charge < -0.3 is 5.73 Å². The molecular formula is C9H13N3S. The minimum Gasteiger partial charge on any atom is -0.324 e. The van der Waals surface area contributed by atoms with Gasteiger partial charge in [0.25, 0.3) is 0 Å². The van der Waals surface area contributed by atoms with E-state index in [2.05, 4.69) is 9.97 Å². The molecule has 4 heteroatoms. The van der Waals surface area contributed by atoms with Gasteiger partial charge in [-0.3, -0.25) is 0 Å². The molecule has 0 aromatic carbocycles. The van der Waals surface area contributed by atoms with Crippen molar-refractivity contribution < 1.29 is 0 Å². The fourth-order valence-electron chi connectivity index (χ4n) is 1.50. The summed E-state index contributed by atoms with van der Waals surface area (Å²) in [6, 6.07) is 2.00. The minimum absolute atomic E-state index is 0.436. The minimum atomic E-state index is 0.436. The Bertz CT molecular complexity index is 284. The summed E-state index contributed by atoms with van der Waals surface area (Å²) in [6.07, 6.45) is 4.35. The predicted molar refractivity (Wildman–Crippen MR) is 54.4 cm³/mol. The molecule has 1 aliphatic rings. The summed E-state index contributed by atoms with van der Waals surface area (Å²) in [6.45, 7) is 0.436. The predicted octanol–water partition coefficient (Wildman–Crippen LogP) is 1.50. The molecule has 3 nitrogen and oxygen atoms in total. The lowest BCUT2D eigenvalue weighted by Crippen LogP contribution is -2.05. The number of thioether (sulfide) groups is 1. The Morgan fingerprint density at radius 3 is 3.23 bits per heavy atom. The number of hydrogen-bond donors (Lipinski definition) is 1. The summed E-state index contributed by atoms with van der Waals surface area (Å²) >= 11 is 1.98. The maximum absolute atomic E-state index is 5.49. The van der Waals surface area contributed by atoms with Crippen molar-refractivity contribution in [1.29, 1.82) is 0 Å². The standard InChI is InChI=1S/C9H13N3S/c10-6-9-11-4-3-7(12-9)8-2-1-5-13-8/h3-4,8H,1-2,5-6,10H2. The number of nitrogens with zero attached hydrogens (tertiary/aromatic N) is 2. The molecule has 1 atom stereocenters. The number of rotatable bonds is 2. The third kappa shape index (κ3) is 2.00. The van der Waals surface area contributed by atoms with Crippen molar-refractivity contribution in [2.45, 2.75) is 24.6 Å². The van der Waals surface area contributed by atoms with Gasteiger partial charge in [-0.1, -0.05) is 0 Å². The van der Waals surface area contributed by atoms with E-state index in [4.69, 9.17) is 5.73 Å². The van der Waals surface area contributed by atoms with Crippen LogP contribution in [0, 0.1) is 0 Å². The third-order valence-electron chi connectivity index (χ3n) is 2.17.